The van der Waals surface area contributed by atoms with Gasteiger partial charge in [-0.2, -0.15) is 5.10 Å². The van der Waals surface area contributed by atoms with Gasteiger partial charge in [0.1, 0.15) is 18.1 Å². The molecule has 3 rings (SSSR count). The third kappa shape index (κ3) is 5.26. The van der Waals surface area contributed by atoms with Gasteiger partial charge in [0.05, 0.1) is 15.1 Å². The second kappa shape index (κ2) is 9.57. The van der Waals surface area contributed by atoms with Gasteiger partial charge in [-0.1, -0.05) is 0 Å². The number of benzene rings is 1. The maximum absolute atomic E-state index is 12.2. The highest BCUT2D eigenvalue weighted by molar-refractivity contribution is 9.10. The van der Waals surface area contributed by atoms with Gasteiger partial charge in [-0.3, -0.25) is 19.6 Å². The van der Waals surface area contributed by atoms with Crippen molar-refractivity contribution in [2.24, 2.45) is 0 Å². The Balaban J connectivity index is 1.44. The molecule has 9 nitrogen and oxygen atoms in total. The predicted octanol–water partition coefficient (Wildman–Crippen LogP) is 4.16. The number of ether oxygens (including phenoxy) is 1. The van der Waals surface area contributed by atoms with Crippen LogP contribution >= 0.6 is 15.9 Å². The third-order valence-corrected chi connectivity index (χ3v) is 5.59. The van der Waals surface area contributed by atoms with Crippen LogP contribution in [0.25, 0.3) is 0 Å². The summed E-state index contributed by atoms with van der Waals surface area (Å²) >= 11 is 3.50. The second-order valence-electron chi connectivity index (χ2n) is 6.62. The summed E-state index contributed by atoms with van der Waals surface area (Å²) in [5, 5.41) is 17.9. The van der Waals surface area contributed by atoms with Crippen molar-refractivity contribution in [3.05, 3.63) is 73.9 Å². The lowest BCUT2D eigenvalue weighted by molar-refractivity contribution is -0.384. The fourth-order valence-corrected chi connectivity index (χ4v) is 3.09. The Bertz CT molecular complexity index is 1040. The number of amides is 1. The molecule has 1 amide bonds. The number of non-ortho nitro benzene ring substituents is 1. The summed E-state index contributed by atoms with van der Waals surface area (Å²) in [6.45, 7) is 5.23. The van der Waals surface area contributed by atoms with Crippen LogP contribution in [-0.2, 0) is 13.2 Å². The maximum atomic E-state index is 12.2. The van der Waals surface area contributed by atoms with E-state index in [-0.39, 0.29) is 24.0 Å². The van der Waals surface area contributed by atoms with Crippen molar-refractivity contribution in [3.63, 3.8) is 0 Å². The number of aromatic nitrogens is 2. The Kier molecular flexibility index (Phi) is 6.88. The average Bonchev–Trinajstić information content (AvgIpc) is 3.30. The highest BCUT2D eigenvalue weighted by atomic mass is 79.9. The van der Waals surface area contributed by atoms with Crippen LogP contribution in [0.4, 0.5) is 5.69 Å². The van der Waals surface area contributed by atoms with Gasteiger partial charge in [0.2, 0.25) is 0 Å². The summed E-state index contributed by atoms with van der Waals surface area (Å²) in [5.74, 6) is 0.849. The number of carbonyl (C=O) groups excluding carboxylic acids is 1. The molecule has 0 saturated carbocycles. The van der Waals surface area contributed by atoms with E-state index in [0.717, 1.165) is 22.3 Å². The van der Waals surface area contributed by atoms with E-state index in [4.69, 9.17) is 9.15 Å². The zero-order valence-corrected chi connectivity index (χ0v) is 18.1. The first kappa shape index (κ1) is 21.6. The topological polar surface area (TPSA) is 112 Å². The van der Waals surface area contributed by atoms with Gasteiger partial charge < -0.3 is 14.5 Å². The zero-order chi connectivity index (χ0) is 21.7. The number of carbonyl (C=O) groups is 1. The minimum atomic E-state index is -0.475. The number of nitro groups is 1. The normalized spacial score (nSPS) is 10.8. The van der Waals surface area contributed by atoms with Gasteiger partial charge in [-0.25, -0.2) is 0 Å². The molecule has 0 bridgehead atoms. The number of rotatable bonds is 9. The van der Waals surface area contributed by atoms with Crippen LogP contribution in [0.15, 0.2) is 45.3 Å². The summed E-state index contributed by atoms with van der Waals surface area (Å²) < 4.78 is 14.0. The minimum absolute atomic E-state index is 0.00945. The summed E-state index contributed by atoms with van der Waals surface area (Å²) in [6, 6.07) is 8.99. The molecule has 0 aliphatic heterocycles. The Morgan fingerprint density at radius 3 is 2.63 bits per heavy atom. The average molecular weight is 477 g/mol. The number of hydrogen-bond acceptors (Lipinski definition) is 6. The smallest absolute Gasteiger partial charge is 0.286 e. The van der Waals surface area contributed by atoms with Gasteiger partial charge in [0, 0.05) is 30.9 Å². The van der Waals surface area contributed by atoms with Crippen molar-refractivity contribution in [2.75, 3.05) is 6.54 Å². The van der Waals surface area contributed by atoms with E-state index in [1.54, 1.807) is 12.1 Å². The van der Waals surface area contributed by atoms with Crippen molar-refractivity contribution in [1.29, 1.82) is 0 Å². The predicted molar refractivity (Wildman–Crippen MR) is 112 cm³/mol. The number of hydrogen-bond donors (Lipinski definition) is 1. The molecule has 0 saturated heterocycles. The quantitative estimate of drug-likeness (QED) is 0.281. The van der Waals surface area contributed by atoms with Gasteiger partial charge >= 0.3 is 0 Å². The van der Waals surface area contributed by atoms with Crippen LogP contribution in [0.1, 0.15) is 34.1 Å². The fourth-order valence-electron chi connectivity index (χ4n) is 2.81. The van der Waals surface area contributed by atoms with Crippen molar-refractivity contribution in [2.45, 2.75) is 33.4 Å². The lowest BCUT2D eigenvalue weighted by Gasteiger charge is -2.06. The Hall–Kier alpha value is -3.14. The maximum Gasteiger partial charge on any atom is 0.286 e. The summed E-state index contributed by atoms with van der Waals surface area (Å²) in [5.41, 5.74) is 1.99. The number of nitro benzene ring substituents is 1. The van der Waals surface area contributed by atoms with E-state index in [0.29, 0.717) is 24.6 Å². The monoisotopic (exact) mass is 476 g/mol. The fraction of sp³-hybridized carbons (Fsp3) is 0.300. The molecule has 0 aliphatic carbocycles. The lowest BCUT2D eigenvalue weighted by Crippen LogP contribution is -2.25. The Morgan fingerprint density at radius 2 is 2.00 bits per heavy atom. The Labute approximate surface area is 181 Å². The van der Waals surface area contributed by atoms with Crippen LogP contribution < -0.4 is 10.1 Å². The molecule has 2 heterocycles. The van der Waals surface area contributed by atoms with E-state index < -0.39 is 4.92 Å². The van der Waals surface area contributed by atoms with Crippen molar-refractivity contribution in [1.82, 2.24) is 15.1 Å². The molecule has 0 spiro atoms. The first-order valence-corrected chi connectivity index (χ1v) is 10.1. The van der Waals surface area contributed by atoms with E-state index in [1.165, 1.54) is 24.3 Å². The molecule has 2 aromatic heterocycles. The van der Waals surface area contributed by atoms with E-state index in [1.807, 2.05) is 18.5 Å². The minimum Gasteiger partial charge on any atom is -0.486 e. The zero-order valence-electron chi connectivity index (χ0n) is 16.6. The number of halogens is 1. The molecule has 1 aromatic carbocycles. The summed E-state index contributed by atoms with van der Waals surface area (Å²) in [6.07, 6.45) is 0.733. The van der Waals surface area contributed by atoms with Crippen molar-refractivity contribution >= 4 is 27.5 Å². The number of nitrogens with one attached hydrogen (secondary N) is 1. The first-order chi connectivity index (χ1) is 14.3. The van der Waals surface area contributed by atoms with E-state index >= 15 is 0 Å². The molecule has 3 aromatic rings. The largest absolute Gasteiger partial charge is 0.486 e. The SMILES string of the molecule is Cc1nn(CCCNC(=O)c2ccc(COc3ccc([N+](=O)[O-])cc3)o2)c(C)c1Br. The standard InChI is InChI=1S/C20H21BrN4O5/c1-13-19(21)14(2)24(23-13)11-3-10-22-20(26)18-9-8-17(30-18)12-29-16-6-4-15(5-7-16)25(27)28/h4-9H,3,10-12H2,1-2H3,(H,22,26). The molecule has 158 valence electrons. The Morgan fingerprint density at radius 1 is 1.27 bits per heavy atom. The number of nitrogens with zero attached hydrogens (tertiary/aromatic N) is 3. The molecule has 30 heavy (non-hydrogen) atoms. The lowest BCUT2D eigenvalue weighted by atomic mass is 10.3. The van der Waals surface area contributed by atoms with Crippen LogP contribution in [0, 0.1) is 24.0 Å². The molecule has 10 heteroatoms. The number of aryl methyl sites for hydroxylation is 2. The highest BCUT2D eigenvalue weighted by Crippen LogP contribution is 2.20. The number of furan rings is 1. The van der Waals surface area contributed by atoms with Crippen LogP contribution in [0.2, 0.25) is 0 Å². The van der Waals surface area contributed by atoms with Crippen LogP contribution in [-0.4, -0.2) is 27.2 Å². The summed E-state index contributed by atoms with van der Waals surface area (Å²) in [7, 11) is 0. The van der Waals surface area contributed by atoms with E-state index in [2.05, 4.69) is 26.3 Å². The molecule has 0 unspecified atom stereocenters. The van der Waals surface area contributed by atoms with Crippen molar-refractivity contribution < 1.29 is 18.9 Å². The summed E-state index contributed by atoms with van der Waals surface area (Å²) in [4.78, 5) is 22.4. The van der Waals surface area contributed by atoms with E-state index in [9.17, 15) is 14.9 Å². The molecule has 0 aliphatic rings. The molecule has 0 radical (unpaired) electrons. The highest BCUT2D eigenvalue weighted by Gasteiger charge is 2.12. The van der Waals surface area contributed by atoms with Gasteiger partial charge in [0.25, 0.3) is 11.6 Å². The van der Waals surface area contributed by atoms with Crippen LogP contribution in [0.3, 0.4) is 0 Å². The molecular formula is C20H21BrN4O5. The molecule has 0 fully saturated rings. The second-order valence-corrected chi connectivity index (χ2v) is 7.42. The molecule has 1 N–H and O–H groups in total. The van der Waals surface area contributed by atoms with Crippen LogP contribution in [0.5, 0.6) is 5.75 Å². The van der Waals surface area contributed by atoms with Gasteiger partial charge in [-0.15, -0.1) is 0 Å². The van der Waals surface area contributed by atoms with Crippen molar-refractivity contribution in [3.8, 4) is 5.75 Å². The van der Waals surface area contributed by atoms with Gasteiger partial charge in [-0.05, 0) is 60.5 Å². The molecular weight excluding hydrogens is 456 g/mol. The third-order valence-electron chi connectivity index (χ3n) is 4.44. The first-order valence-electron chi connectivity index (χ1n) is 9.29. The van der Waals surface area contributed by atoms with Gasteiger partial charge in [0.15, 0.2) is 5.76 Å². The molecule has 0 atom stereocenters.